The van der Waals surface area contributed by atoms with E-state index in [-0.39, 0.29) is 5.91 Å². The SMILES string of the molecule is CN1CCC(N(C)C(=O)[C@@H](N)Cc2c[nH]c3ccccc23)CC1. The topological polar surface area (TPSA) is 65.4 Å². The Morgan fingerprint density at radius 2 is 2.09 bits per heavy atom. The zero-order chi connectivity index (χ0) is 16.4. The Labute approximate surface area is 137 Å². The molecule has 0 spiro atoms. The molecule has 0 aliphatic carbocycles. The van der Waals surface area contributed by atoms with E-state index in [1.165, 1.54) is 0 Å². The number of likely N-dealkylation sites (N-methyl/N-ethyl adjacent to an activating group) is 1. The van der Waals surface area contributed by atoms with Gasteiger partial charge in [-0.25, -0.2) is 0 Å². The number of H-pyrrole nitrogens is 1. The molecule has 5 heteroatoms. The van der Waals surface area contributed by atoms with Crippen molar-refractivity contribution in [3.05, 3.63) is 36.0 Å². The van der Waals surface area contributed by atoms with E-state index in [0.717, 1.165) is 42.4 Å². The molecule has 1 fully saturated rings. The zero-order valence-corrected chi connectivity index (χ0v) is 14.0. The van der Waals surface area contributed by atoms with Gasteiger partial charge in [0.15, 0.2) is 0 Å². The molecule has 1 aromatic carbocycles. The summed E-state index contributed by atoms with van der Waals surface area (Å²) < 4.78 is 0. The van der Waals surface area contributed by atoms with Gasteiger partial charge in [-0.1, -0.05) is 18.2 Å². The number of fused-ring (bicyclic) bond motifs is 1. The minimum atomic E-state index is -0.487. The van der Waals surface area contributed by atoms with E-state index >= 15 is 0 Å². The van der Waals surface area contributed by atoms with Crippen LogP contribution in [-0.2, 0) is 11.2 Å². The summed E-state index contributed by atoms with van der Waals surface area (Å²) >= 11 is 0. The van der Waals surface area contributed by atoms with Gasteiger partial charge in [-0.15, -0.1) is 0 Å². The van der Waals surface area contributed by atoms with E-state index in [9.17, 15) is 4.79 Å². The van der Waals surface area contributed by atoms with E-state index in [1.54, 1.807) is 0 Å². The highest BCUT2D eigenvalue weighted by molar-refractivity contribution is 5.86. The molecule has 3 rings (SSSR count). The van der Waals surface area contributed by atoms with Crippen molar-refractivity contribution in [2.24, 2.45) is 5.73 Å². The number of piperidine rings is 1. The summed E-state index contributed by atoms with van der Waals surface area (Å²) in [6, 6.07) is 7.95. The van der Waals surface area contributed by atoms with Crippen LogP contribution in [0, 0.1) is 0 Å². The summed E-state index contributed by atoms with van der Waals surface area (Å²) in [5.41, 5.74) is 8.42. The Hall–Kier alpha value is -1.85. The van der Waals surface area contributed by atoms with Crippen LogP contribution in [0.2, 0.25) is 0 Å². The number of amides is 1. The number of benzene rings is 1. The van der Waals surface area contributed by atoms with Crippen LogP contribution in [0.15, 0.2) is 30.5 Å². The molecule has 1 aliphatic rings. The van der Waals surface area contributed by atoms with Gasteiger partial charge in [-0.2, -0.15) is 0 Å². The predicted molar refractivity (Wildman–Crippen MR) is 93.3 cm³/mol. The lowest BCUT2D eigenvalue weighted by molar-refractivity contribution is -0.134. The fourth-order valence-electron chi connectivity index (χ4n) is 3.45. The Morgan fingerprint density at radius 1 is 1.39 bits per heavy atom. The first-order valence-electron chi connectivity index (χ1n) is 8.32. The quantitative estimate of drug-likeness (QED) is 0.901. The van der Waals surface area contributed by atoms with E-state index in [4.69, 9.17) is 5.73 Å². The number of likely N-dealkylation sites (tertiary alicyclic amines) is 1. The summed E-state index contributed by atoms with van der Waals surface area (Å²) in [5.74, 6) is 0.0461. The van der Waals surface area contributed by atoms with Crippen LogP contribution in [0.3, 0.4) is 0 Å². The van der Waals surface area contributed by atoms with Gasteiger partial charge in [-0.05, 0) is 51.0 Å². The molecule has 1 amide bonds. The number of para-hydroxylation sites is 1. The van der Waals surface area contributed by atoms with Crippen LogP contribution < -0.4 is 5.73 Å². The lowest BCUT2D eigenvalue weighted by Gasteiger charge is -2.36. The minimum Gasteiger partial charge on any atom is -0.361 e. The van der Waals surface area contributed by atoms with Crippen molar-refractivity contribution in [3.8, 4) is 0 Å². The molecule has 2 heterocycles. The molecule has 3 N–H and O–H groups in total. The van der Waals surface area contributed by atoms with Crippen molar-refractivity contribution < 1.29 is 4.79 Å². The van der Waals surface area contributed by atoms with Gasteiger partial charge in [0.05, 0.1) is 6.04 Å². The Kier molecular flexibility index (Phi) is 4.68. The zero-order valence-electron chi connectivity index (χ0n) is 14.0. The number of hydrogen-bond donors (Lipinski definition) is 2. The molecule has 124 valence electrons. The average molecular weight is 314 g/mol. The van der Waals surface area contributed by atoms with E-state index in [2.05, 4.69) is 23.0 Å². The van der Waals surface area contributed by atoms with E-state index in [0.29, 0.717) is 12.5 Å². The van der Waals surface area contributed by atoms with Gasteiger partial charge in [0.2, 0.25) is 5.91 Å². The number of carbonyl (C=O) groups excluding carboxylic acids is 1. The number of aromatic nitrogens is 1. The number of aromatic amines is 1. The molecule has 1 aliphatic heterocycles. The molecule has 0 radical (unpaired) electrons. The van der Waals surface area contributed by atoms with Crippen LogP contribution in [0.5, 0.6) is 0 Å². The summed E-state index contributed by atoms with van der Waals surface area (Å²) in [5, 5.41) is 1.15. The van der Waals surface area contributed by atoms with Crippen molar-refractivity contribution in [2.75, 3.05) is 27.2 Å². The maximum atomic E-state index is 12.7. The van der Waals surface area contributed by atoms with Crippen LogP contribution in [-0.4, -0.2) is 60.0 Å². The largest absolute Gasteiger partial charge is 0.361 e. The summed E-state index contributed by atoms with van der Waals surface area (Å²) in [6.45, 7) is 2.08. The predicted octanol–water partition coefficient (Wildman–Crippen LogP) is 1.59. The molecule has 1 aromatic heterocycles. The molecule has 0 saturated carbocycles. The maximum Gasteiger partial charge on any atom is 0.239 e. The number of nitrogens with zero attached hydrogens (tertiary/aromatic N) is 2. The van der Waals surface area contributed by atoms with Gasteiger partial charge in [0.25, 0.3) is 0 Å². The van der Waals surface area contributed by atoms with E-state index in [1.807, 2.05) is 36.3 Å². The highest BCUT2D eigenvalue weighted by atomic mass is 16.2. The summed E-state index contributed by atoms with van der Waals surface area (Å²) in [6.07, 6.45) is 4.59. The fraction of sp³-hybridized carbons (Fsp3) is 0.500. The number of hydrogen-bond acceptors (Lipinski definition) is 3. The minimum absolute atomic E-state index is 0.0461. The third kappa shape index (κ3) is 3.41. The standard InChI is InChI=1S/C18H26N4O/c1-21-9-7-14(8-10-21)22(2)18(23)16(19)11-13-12-20-17-6-4-3-5-15(13)17/h3-6,12,14,16,20H,7-11,19H2,1-2H3/t16-/m0/s1. The van der Waals surface area contributed by atoms with Crippen molar-refractivity contribution in [1.29, 1.82) is 0 Å². The fourth-order valence-corrected chi connectivity index (χ4v) is 3.45. The summed E-state index contributed by atoms with van der Waals surface area (Å²) in [7, 11) is 4.02. The molecular formula is C18H26N4O. The first kappa shape index (κ1) is 16.0. The Morgan fingerprint density at radius 3 is 2.83 bits per heavy atom. The van der Waals surface area contributed by atoms with Gasteiger partial charge in [0.1, 0.15) is 0 Å². The van der Waals surface area contributed by atoms with Crippen molar-refractivity contribution in [1.82, 2.24) is 14.8 Å². The van der Waals surface area contributed by atoms with Gasteiger partial charge >= 0.3 is 0 Å². The molecule has 2 aromatic rings. The normalized spacial score (nSPS) is 18.2. The second-order valence-corrected chi connectivity index (χ2v) is 6.65. The molecule has 0 bridgehead atoms. The molecule has 1 atom stereocenters. The third-order valence-corrected chi connectivity index (χ3v) is 5.02. The number of rotatable bonds is 4. The smallest absolute Gasteiger partial charge is 0.239 e. The van der Waals surface area contributed by atoms with Crippen LogP contribution >= 0.6 is 0 Å². The average Bonchev–Trinajstić information content (AvgIpc) is 2.97. The lowest BCUT2D eigenvalue weighted by atomic mass is 10.0. The lowest BCUT2D eigenvalue weighted by Crippen LogP contribution is -2.50. The number of nitrogens with one attached hydrogen (secondary N) is 1. The highest BCUT2D eigenvalue weighted by Crippen LogP contribution is 2.20. The highest BCUT2D eigenvalue weighted by Gasteiger charge is 2.27. The summed E-state index contributed by atoms with van der Waals surface area (Å²) in [4.78, 5) is 20.1. The Bertz CT molecular complexity index is 672. The Balaban J connectivity index is 1.65. The van der Waals surface area contributed by atoms with Crippen molar-refractivity contribution >= 4 is 16.8 Å². The molecule has 23 heavy (non-hydrogen) atoms. The van der Waals surface area contributed by atoms with Crippen molar-refractivity contribution in [2.45, 2.75) is 31.3 Å². The molecule has 5 nitrogen and oxygen atoms in total. The second-order valence-electron chi connectivity index (χ2n) is 6.65. The first-order chi connectivity index (χ1) is 11.1. The molecular weight excluding hydrogens is 288 g/mol. The van der Waals surface area contributed by atoms with Gasteiger partial charge < -0.3 is 20.5 Å². The second kappa shape index (κ2) is 6.72. The third-order valence-electron chi connectivity index (χ3n) is 5.02. The maximum absolute atomic E-state index is 12.7. The molecule has 1 saturated heterocycles. The van der Waals surface area contributed by atoms with Crippen LogP contribution in [0.1, 0.15) is 18.4 Å². The van der Waals surface area contributed by atoms with Crippen LogP contribution in [0.25, 0.3) is 10.9 Å². The molecule has 0 unspecified atom stereocenters. The van der Waals surface area contributed by atoms with Gasteiger partial charge in [-0.3, -0.25) is 4.79 Å². The van der Waals surface area contributed by atoms with Crippen LogP contribution in [0.4, 0.5) is 0 Å². The van der Waals surface area contributed by atoms with Crippen molar-refractivity contribution in [3.63, 3.8) is 0 Å². The van der Waals surface area contributed by atoms with E-state index < -0.39 is 6.04 Å². The number of carbonyl (C=O) groups is 1. The first-order valence-corrected chi connectivity index (χ1v) is 8.32. The monoisotopic (exact) mass is 314 g/mol. The van der Waals surface area contributed by atoms with Gasteiger partial charge in [0, 0.05) is 30.2 Å². The number of nitrogens with two attached hydrogens (primary N) is 1.